The number of allylic oxidation sites excluding steroid dienone is 3. The second kappa shape index (κ2) is 45.1. The van der Waals surface area contributed by atoms with Crippen molar-refractivity contribution in [3.63, 3.8) is 0 Å². The van der Waals surface area contributed by atoms with Gasteiger partial charge in [0, 0.05) is 179 Å². The number of nitrogens with two attached hydrogens (primary N) is 3. The maximum atomic E-state index is 14.7. The SMILES string of the molecule is CO[C@H]1C[C@@H]2CC[C@@H](C)[C@@](O)(O2)C(=O)C(=O)N2CCCC[C@H]2C(=O)O[C@H]([C@H](N)C[C@@H]2CC[C@@H](O)[C@H](OC)C2)C[C@@H](O)[C@H](C)/C=C(\C)[C@@H](O)[C@@H](O)/C(=N/OCC(=O)N2CCc3nc(N4CCN(C(=O)CCOCCN5CCN(c6ncc(C(=O)N7CCc8cc(Cn9nc(-c%10ccc%11oc(N)nc%11c%10)c%10c(N)ncnc%109)ccc8C7)cn6)CC5)CC4)ncc3C2)[C@H](C)C[C@H](C)CCC=CC=C1C. The Balaban J connectivity index is 0.503. The number of anilines is 4. The summed E-state index contributed by atoms with van der Waals surface area (Å²) in [5.74, 6) is -6.54. The minimum Gasteiger partial charge on any atom is -0.459 e. The number of esters is 1. The van der Waals surface area contributed by atoms with E-state index in [2.05, 4.69) is 69.9 Å². The zero-order chi connectivity index (χ0) is 96.2. The molecular formula is C98H134N20O18. The van der Waals surface area contributed by atoms with Gasteiger partial charge in [0.25, 0.3) is 29.5 Å². The van der Waals surface area contributed by atoms with Crippen molar-refractivity contribution in [2.24, 2.45) is 40.5 Å². The number of hydrogen-bond acceptors (Lipinski definition) is 33. The molecule has 0 spiro atoms. The molecular weight excluding hydrogens is 1750 g/mol. The van der Waals surface area contributed by atoms with E-state index in [0.29, 0.717) is 213 Å². The van der Waals surface area contributed by atoms with Gasteiger partial charge in [-0.25, -0.2) is 39.4 Å². The molecule has 5 fully saturated rings. The summed E-state index contributed by atoms with van der Waals surface area (Å²) in [6.07, 6.45) is 13.5. The molecule has 4 amide bonds. The number of rotatable bonds is 20. The van der Waals surface area contributed by atoms with Crippen LogP contribution in [0.15, 0.2) is 106 Å². The number of oxime groups is 1. The highest BCUT2D eigenvalue weighted by Gasteiger charge is 2.54. The fraction of sp³-hybridized carbons (Fsp3) is 0.602. The van der Waals surface area contributed by atoms with E-state index >= 15 is 0 Å². The predicted molar refractivity (Wildman–Crippen MR) is 506 cm³/mol. The number of nitrogens with zero attached hydrogens (tertiary/aromatic N) is 17. The molecule has 16 atom stereocenters. The molecule has 12 heterocycles. The van der Waals surface area contributed by atoms with Crippen molar-refractivity contribution >= 4 is 87.0 Å². The van der Waals surface area contributed by atoms with Gasteiger partial charge in [-0.2, -0.15) is 10.1 Å². The van der Waals surface area contributed by atoms with Gasteiger partial charge in [-0.1, -0.05) is 75.4 Å². The van der Waals surface area contributed by atoms with Crippen LogP contribution in [0.25, 0.3) is 33.4 Å². The Labute approximate surface area is 792 Å². The topological polar surface area (TPSA) is 493 Å². The summed E-state index contributed by atoms with van der Waals surface area (Å²) in [6.45, 7) is 18.9. The fourth-order valence-electron chi connectivity index (χ4n) is 20.4. The summed E-state index contributed by atoms with van der Waals surface area (Å²) in [7, 11) is 3.11. The quantitative estimate of drug-likeness (QED) is 0.0134. The third kappa shape index (κ3) is 23.7. The first-order valence-electron chi connectivity index (χ1n) is 48.2. The zero-order valence-corrected chi connectivity index (χ0v) is 79.4. The van der Waals surface area contributed by atoms with Gasteiger partial charge in [0.05, 0.1) is 79.1 Å². The van der Waals surface area contributed by atoms with Crippen LogP contribution in [0.2, 0.25) is 0 Å². The number of aliphatic hydroxyl groups is 5. The van der Waals surface area contributed by atoms with E-state index in [1.165, 1.54) is 13.4 Å². The number of Topliss-reactive ketones (excluding diaryl/α,β-unsaturated/α-hetero) is 1. The van der Waals surface area contributed by atoms with Crippen LogP contribution >= 0.6 is 0 Å². The minimum atomic E-state index is -2.49. The summed E-state index contributed by atoms with van der Waals surface area (Å²) < 4.78 is 37.5. The summed E-state index contributed by atoms with van der Waals surface area (Å²) in [4.78, 5) is 136. The molecule has 734 valence electrons. The van der Waals surface area contributed by atoms with Crippen LogP contribution in [0.3, 0.4) is 0 Å². The lowest BCUT2D eigenvalue weighted by atomic mass is 9.80. The summed E-state index contributed by atoms with van der Waals surface area (Å²) in [6, 6.07) is 9.81. The number of hydrogen-bond donors (Lipinski definition) is 8. The zero-order valence-electron chi connectivity index (χ0n) is 79.4. The Bertz CT molecular complexity index is 5480. The lowest BCUT2D eigenvalue weighted by Gasteiger charge is -2.42. The molecule has 136 heavy (non-hydrogen) atoms. The maximum absolute atomic E-state index is 14.7. The van der Waals surface area contributed by atoms with Gasteiger partial charge < -0.3 is 105 Å². The molecule has 4 saturated heterocycles. The minimum absolute atomic E-state index is 0.0161. The van der Waals surface area contributed by atoms with E-state index in [0.717, 1.165) is 63.5 Å². The van der Waals surface area contributed by atoms with Crippen molar-refractivity contribution in [1.29, 1.82) is 0 Å². The average molecular weight is 1880 g/mol. The number of ketones is 1. The van der Waals surface area contributed by atoms with Gasteiger partial charge in [0.2, 0.25) is 23.6 Å². The smallest absolute Gasteiger partial charge is 0.329 e. The number of nitrogen functional groups attached to an aromatic ring is 2. The van der Waals surface area contributed by atoms with Gasteiger partial charge in [-0.3, -0.25) is 28.9 Å². The van der Waals surface area contributed by atoms with Crippen molar-refractivity contribution in [2.45, 2.75) is 237 Å². The van der Waals surface area contributed by atoms with Gasteiger partial charge in [0.1, 0.15) is 47.7 Å². The van der Waals surface area contributed by atoms with Crippen LogP contribution in [0.4, 0.5) is 23.7 Å². The number of benzene rings is 2. The number of fused-ring (bicyclic) bond motifs is 7. The Hall–Kier alpha value is -10.9. The van der Waals surface area contributed by atoms with Gasteiger partial charge >= 0.3 is 5.97 Å². The highest BCUT2D eigenvalue weighted by molar-refractivity contribution is 6.39. The van der Waals surface area contributed by atoms with E-state index < -0.39 is 109 Å². The number of oxazole rings is 1. The van der Waals surface area contributed by atoms with Crippen LogP contribution in [0.5, 0.6) is 0 Å². The Kier molecular flexibility index (Phi) is 33.0. The Morgan fingerprint density at radius 1 is 0.706 bits per heavy atom. The molecule has 11 N–H and O–H groups in total. The number of cyclic esters (lactones) is 1. The lowest BCUT2D eigenvalue weighted by molar-refractivity contribution is -0.265. The average Bonchev–Trinajstić information content (AvgIpc) is 1.60. The van der Waals surface area contributed by atoms with E-state index in [1.807, 2.05) is 58.7 Å². The predicted octanol–water partition coefficient (Wildman–Crippen LogP) is 6.44. The molecule has 38 nitrogen and oxygen atoms in total. The van der Waals surface area contributed by atoms with E-state index in [4.69, 9.17) is 65.2 Å². The molecule has 7 aromatic rings. The van der Waals surface area contributed by atoms with Crippen LogP contribution in [-0.2, 0) is 85.0 Å². The molecule has 0 unspecified atom stereocenters. The highest BCUT2D eigenvalue weighted by atomic mass is 16.6. The van der Waals surface area contributed by atoms with E-state index in [9.17, 15) is 54.3 Å². The number of aromatic nitrogens is 9. The van der Waals surface area contributed by atoms with Crippen molar-refractivity contribution in [3.8, 4) is 11.3 Å². The molecule has 2 bridgehead atoms. The monoisotopic (exact) mass is 1880 g/mol. The van der Waals surface area contributed by atoms with Crippen LogP contribution in [0, 0.1) is 29.6 Å². The Morgan fingerprint density at radius 2 is 1.46 bits per heavy atom. The fourth-order valence-corrected chi connectivity index (χ4v) is 20.4. The third-order valence-electron chi connectivity index (χ3n) is 28.8. The van der Waals surface area contributed by atoms with Crippen molar-refractivity contribution in [2.75, 3.05) is 134 Å². The number of carbonyl (C=O) groups is 6. The van der Waals surface area contributed by atoms with Crippen molar-refractivity contribution in [1.82, 2.24) is 69.2 Å². The largest absolute Gasteiger partial charge is 0.459 e. The molecule has 38 heteroatoms. The third-order valence-corrected chi connectivity index (χ3v) is 28.8. The lowest BCUT2D eigenvalue weighted by Crippen LogP contribution is -2.61. The van der Waals surface area contributed by atoms with E-state index in [1.54, 1.807) is 63.5 Å². The molecule has 8 aliphatic rings. The summed E-state index contributed by atoms with van der Waals surface area (Å²) in [5, 5.41) is 69.5. The van der Waals surface area contributed by atoms with Crippen LogP contribution < -0.4 is 27.0 Å². The summed E-state index contributed by atoms with van der Waals surface area (Å²) >= 11 is 0. The van der Waals surface area contributed by atoms with Gasteiger partial charge in [-0.05, 0) is 155 Å². The van der Waals surface area contributed by atoms with Crippen molar-refractivity contribution < 1.29 is 87.2 Å². The Morgan fingerprint density at radius 3 is 2.24 bits per heavy atom. The number of piperazine rings is 2. The van der Waals surface area contributed by atoms with Crippen LogP contribution in [-0.4, -0.2) is 315 Å². The first kappa shape index (κ1) is 99.6. The highest BCUT2D eigenvalue weighted by Crippen LogP contribution is 2.40. The molecule has 15 rings (SSSR count). The second-order valence-corrected chi connectivity index (χ2v) is 38.3. The molecule has 1 aliphatic carbocycles. The normalized spacial score (nSPS) is 28.1. The number of aliphatic hydroxyl groups excluding tert-OH is 4. The number of ether oxygens (including phenoxy) is 5. The summed E-state index contributed by atoms with van der Waals surface area (Å²) in [5.41, 5.74) is 29.0. The molecule has 7 aliphatic heterocycles. The number of piperidine rings is 1. The maximum Gasteiger partial charge on any atom is 0.329 e. The molecule has 0 radical (unpaired) electrons. The van der Waals surface area contributed by atoms with Crippen LogP contribution in [0.1, 0.15) is 176 Å². The first-order valence-corrected chi connectivity index (χ1v) is 48.2. The van der Waals surface area contributed by atoms with E-state index in [-0.39, 0.29) is 85.6 Å². The van der Waals surface area contributed by atoms with Crippen molar-refractivity contribution in [3.05, 3.63) is 130 Å². The van der Waals surface area contributed by atoms with Gasteiger partial charge in [0.15, 0.2) is 17.8 Å². The second-order valence-electron chi connectivity index (χ2n) is 38.3. The number of methoxy groups -OCH3 is 2. The molecule has 1 saturated carbocycles. The number of carbonyl (C=O) groups excluding carboxylic acids is 6. The number of amides is 4. The molecule has 5 aromatic heterocycles. The first-order chi connectivity index (χ1) is 65.5. The van der Waals surface area contributed by atoms with Gasteiger partial charge in [-0.15, -0.1) is 0 Å². The standard InChI is InChI=1S/C98H134N20O18/c1-58-14-10-9-11-15-59(2)79(130-7)48-71-22-17-63(6)98(129,136-71)89(125)93(127)117-28-13-12-16-75(117)94(128)134-80(72(99)45-64-19-23-76(119)81(46-64)131-8)49-77(120)60(3)43-62(5)87(123)88(124)85(61(4)42-58)110-133-56-83(122)115-30-26-73-70(55-115)52-104-97(108-73)114-37-35-112(36-38-114)82(121)27-40-132-41-39-111-31-33-113(34-32-111)96-102-50-69(51-103-96)92(126)116-29-25-66-44-65(18-20-68(66)54-116)53-118-91-84(90(100)105-57-106-91)86(109-118)67-21-24-78-74(47-67)107-95(101)135-78/h9,11,15,18,20-21,24,43-44,47,50-52,57-58,60-61,63-64,71-72,75-77,79-81,87-88,119-120,123-124,129H,10,12-14,16-17,19,22-23,25-42,45-46,48-49,53-56,99H2,1-8H3,(H2,101,107)(H2,100,105,106)/b11-9?,59-15?,62-43+,110-85+/t58-,60-,61-,63-,64+,71+,72-,75+,76-,77-,79+,80+,81-,87-,88+,98-/m1/s1. The molecule has 2 aromatic carbocycles.